The van der Waals surface area contributed by atoms with Gasteiger partial charge in [0.1, 0.15) is 0 Å². The van der Waals surface area contributed by atoms with Gasteiger partial charge in [0.25, 0.3) is 0 Å². The molecule has 0 bridgehead atoms. The molecule has 1 heterocycles. The van der Waals surface area contributed by atoms with Crippen LogP contribution in [-0.4, -0.2) is 50.8 Å². The lowest BCUT2D eigenvalue weighted by molar-refractivity contribution is -0.147. The summed E-state index contributed by atoms with van der Waals surface area (Å²) in [5.74, 6) is -2.25. The molecule has 2 amide bonds. The van der Waals surface area contributed by atoms with E-state index in [1.54, 1.807) is 24.3 Å². The second-order valence-corrected chi connectivity index (χ2v) is 6.78. The highest BCUT2D eigenvalue weighted by Gasteiger charge is 2.37. The number of hydrogen-bond donors (Lipinski definition) is 1. The first-order chi connectivity index (χ1) is 12.6. The van der Waals surface area contributed by atoms with E-state index >= 15 is 0 Å². The zero-order chi connectivity index (χ0) is 20.2. The van der Waals surface area contributed by atoms with Crippen LogP contribution in [0, 0.1) is 0 Å². The number of hydrogen-bond acceptors (Lipinski definition) is 5. The van der Waals surface area contributed by atoms with Crippen molar-refractivity contribution in [2.75, 3.05) is 24.7 Å². The lowest BCUT2D eigenvalue weighted by Gasteiger charge is -2.17. The van der Waals surface area contributed by atoms with E-state index in [0.29, 0.717) is 10.7 Å². The van der Waals surface area contributed by atoms with E-state index < -0.39 is 23.8 Å². The van der Waals surface area contributed by atoms with Crippen molar-refractivity contribution in [3.63, 3.8) is 0 Å². The number of nitrogens with one attached hydrogen (secondary N) is 1. The minimum atomic E-state index is -4.63. The van der Waals surface area contributed by atoms with Gasteiger partial charge in [-0.1, -0.05) is 35.5 Å². The van der Waals surface area contributed by atoms with Crippen LogP contribution in [-0.2, 0) is 22.8 Å². The van der Waals surface area contributed by atoms with E-state index in [0.717, 1.165) is 28.3 Å². The van der Waals surface area contributed by atoms with E-state index in [1.165, 1.54) is 7.05 Å². The highest BCUT2D eigenvalue weighted by molar-refractivity contribution is 7.99. The van der Waals surface area contributed by atoms with Crippen LogP contribution in [0.25, 0.3) is 0 Å². The zero-order valence-corrected chi connectivity index (χ0v) is 15.8. The molecule has 12 heteroatoms. The number of aromatic nitrogens is 3. The van der Waals surface area contributed by atoms with Gasteiger partial charge in [-0.25, -0.2) is 0 Å². The summed E-state index contributed by atoms with van der Waals surface area (Å²) in [6.45, 7) is -0.239. The summed E-state index contributed by atoms with van der Waals surface area (Å²) < 4.78 is 38.8. The fourth-order valence-corrected chi connectivity index (χ4v) is 3.01. The number of anilines is 1. The maximum atomic E-state index is 12.7. The third-order valence-corrected chi connectivity index (χ3v) is 4.70. The summed E-state index contributed by atoms with van der Waals surface area (Å²) in [4.78, 5) is 25.3. The second kappa shape index (κ2) is 8.61. The topological polar surface area (TPSA) is 80.1 Å². The molecule has 2 rings (SSSR count). The Bertz CT molecular complexity index is 843. The molecule has 27 heavy (non-hydrogen) atoms. The highest BCUT2D eigenvalue weighted by Crippen LogP contribution is 2.29. The van der Waals surface area contributed by atoms with Crippen LogP contribution in [0.5, 0.6) is 0 Å². The van der Waals surface area contributed by atoms with Crippen LogP contribution >= 0.6 is 23.4 Å². The van der Waals surface area contributed by atoms with Gasteiger partial charge in [-0.2, -0.15) is 13.2 Å². The summed E-state index contributed by atoms with van der Waals surface area (Å²) in [6, 6.07) is 6.63. The summed E-state index contributed by atoms with van der Waals surface area (Å²) in [5.41, 5.74) is 0.415. The van der Waals surface area contributed by atoms with Crippen molar-refractivity contribution in [3.8, 4) is 0 Å². The number of para-hydroxylation sites is 1. The molecule has 0 aliphatic rings. The molecule has 7 nitrogen and oxygen atoms in total. The smallest absolute Gasteiger partial charge is 0.336 e. The Morgan fingerprint density at radius 2 is 1.96 bits per heavy atom. The number of rotatable bonds is 6. The molecule has 0 radical (unpaired) electrons. The number of benzene rings is 1. The fraction of sp³-hybridized carbons (Fsp3) is 0.333. The quantitative estimate of drug-likeness (QED) is 0.725. The average molecular weight is 422 g/mol. The molecule has 0 aliphatic heterocycles. The van der Waals surface area contributed by atoms with Gasteiger partial charge >= 0.3 is 6.18 Å². The van der Waals surface area contributed by atoms with Crippen molar-refractivity contribution in [1.82, 2.24) is 19.7 Å². The van der Waals surface area contributed by atoms with Crippen molar-refractivity contribution in [3.05, 3.63) is 35.1 Å². The molecule has 1 aromatic heterocycles. The summed E-state index contributed by atoms with van der Waals surface area (Å²) in [5, 5.41) is 9.39. The van der Waals surface area contributed by atoms with Crippen molar-refractivity contribution < 1.29 is 22.8 Å². The predicted octanol–water partition coefficient (Wildman–Crippen LogP) is 2.68. The van der Waals surface area contributed by atoms with Crippen molar-refractivity contribution in [2.24, 2.45) is 7.05 Å². The molecule has 0 spiro atoms. The monoisotopic (exact) mass is 421 g/mol. The lowest BCUT2D eigenvalue weighted by Crippen LogP contribution is -2.36. The molecule has 0 atom stereocenters. The van der Waals surface area contributed by atoms with Crippen molar-refractivity contribution >= 4 is 40.9 Å². The minimum absolute atomic E-state index is 0.0513. The number of carbonyl (C=O) groups is 2. The molecule has 0 saturated heterocycles. The van der Waals surface area contributed by atoms with Crippen LogP contribution in [0.3, 0.4) is 0 Å². The van der Waals surface area contributed by atoms with E-state index in [-0.39, 0.29) is 17.5 Å². The second-order valence-electron chi connectivity index (χ2n) is 5.43. The first kappa shape index (κ1) is 21.0. The minimum Gasteiger partial charge on any atom is -0.336 e. The van der Waals surface area contributed by atoms with Gasteiger partial charge in [0, 0.05) is 14.1 Å². The molecule has 0 fully saturated rings. The van der Waals surface area contributed by atoms with E-state index in [9.17, 15) is 22.8 Å². The Balaban J connectivity index is 1.88. The average Bonchev–Trinajstić information content (AvgIpc) is 2.95. The molecule has 146 valence electrons. The Morgan fingerprint density at radius 1 is 1.30 bits per heavy atom. The van der Waals surface area contributed by atoms with Gasteiger partial charge in [0.2, 0.25) is 17.6 Å². The third-order valence-electron chi connectivity index (χ3n) is 3.37. The van der Waals surface area contributed by atoms with Crippen LogP contribution in [0.2, 0.25) is 5.02 Å². The molecular weight excluding hydrogens is 407 g/mol. The molecule has 0 saturated carbocycles. The van der Waals surface area contributed by atoms with E-state index in [4.69, 9.17) is 11.6 Å². The first-order valence-corrected chi connectivity index (χ1v) is 8.83. The summed E-state index contributed by atoms with van der Waals surface area (Å²) in [7, 11) is 2.57. The van der Waals surface area contributed by atoms with Gasteiger partial charge in [-0.15, -0.1) is 10.2 Å². The van der Waals surface area contributed by atoms with E-state index in [1.807, 2.05) is 0 Å². The van der Waals surface area contributed by atoms with Crippen molar-refractivity contribution in [1.29, 1.82) is 0 Å². The number of carbonyl (C=O) groups excluding carboxylic acids is 2. The molecule has 1 aromatic carbocycles. The number of likely N-dealkylation sites (N-methyl/N-ethyl adjacent to an activating group) is 1. The standard InChI is InChI=1S/C15H15ClF3N5O2S/c1-23(7-11(25)20-10-6-4-3-5-9(10)16)12(26)8-27-14-22-21-13(24(14)2)15(17,18)19/h3-6H,7-8H2,1-2H3,(H,20,25). The van der Waals surface area contributed by atoms with Crippen molar-refractivity contribution in [2.45, 2.75) is 11.3 Å². The maximum absolute atomic E-state index is 12.7. The summed E-state index contributed by atoms with van der Waals surface area (Å²) in [6.07, 6.45) is -4.63. The van der Waals surface area contributed by atoms with Crippen LogP contribution in [0.4, 0.5) is 18.9 Å². The predicted molar refractivity (Wildman–Crippen MR) is 94.4 cm³/mol. The normalized spacial score (nSPS) is 11.3. The lowest BCUT2D eigenvalue weighted by atomic mass is 10.3. The first-order valence-electron chi connectivity index (χ1n) is 7.47. The molecule has 1 N–H and O–H groups in total. The van der Waals surface area contributed by atoms with Crippen LogP contribution < -0.4 is 5.32 Å². The maximum Gasteiger partial charge on any atom is 0.451 e. The van der Waals surface area contributed by atoms with Gasteiger partial charge in [-0.05, 0) is 12.1 Å². The largest absolute Gasteiger partial charge is 0.451 e. The highest BCUT2D eigenvalue weighted by atomic mass is 35.5. The third kappa shape index (κ3) is 5.60. The SMILES string of the molecule is CN(CC(=O)Nc1ccccc1Cl)C(=O)CSc1nnc(C(F)(F)F)n1C. The van der Waals surface area contributed by atoms with Crippen LogP contribution in [0.1, 0.15) is 5.82 Å². The fourth-order valence-electron chi connectivity index (χ4n) is 1.98. The number of alkyl halides is 3. The number of halogens is 4. The Labute approximate surface area is 161 Å². The molecule has 0 aliphatic carbocycles. The van der Waals surface area contributed by atoms with Gasteiger partial charge < -0.3 is 14.8 Å². The number of thioether (sulfide) groups is 1. The Hall–Kier alpha value is -2.27. The Morgan fingerprint density at radius 3 is 2.56 bits per heavy atom. The zero-order valence-electron chi connectivity index (χ0n) is 14.2. The Kier molecular flexibility index (Phi) is 6.71. The molecule has 2 aromatic rings. The van der Waals surface area contributed by atoms with E-state index in [2.05, 4.69) is 15.5 Å². The molecular formula is C15H15ClF3N5O2S. The van der Waals surface area contributed by atoms with Gasteiger partial charge in [0.05, 0.1) is 23.0 Å². The number of amides is 2. The van der Waals surface area contributed by atoms with Crippen LogP contribution in [0.15, 0.2) is 29.4 Å². The number of nitrogens with zero attached hydrogens (tertiary/aromatic N) is 4. The molecule has 0 unspecified atom stereocenters. The van der Waals surface area contributed by atoms with Gasteiger partial charge in [-0.3, -0.25) is 9.59 Å². The summed E-state index contributed by atoms with van der Waals surface area (Å²) >= 11 is 6.74. The van der Waals surface area contributed by atoms with Gasteiger partial charge in [0.15, 0.2) is 5.16 Å².